The van der Waals surface area contributed by atoms with E-state index in [1.165, 1.54) is 27.4 Å². The number of carbonyl (C=O) groups excluding carboxylic acids is 1. The first-order valence-corrected chi connectivity index (χ1v) is 10.4. The highest BCUT2D eigenvalue weighted by Crippen LogP contribution is 2.20. The average Bonchev–Trinajstić information content (AvgIpc) is 2.72. The van der Waals surface area contributed by atoms with Crippen molar-refractivity contribution in [3.63, 3.8) is 0 Å². The summed E-state index contributed by atoms with van der Waals surface area (Å²) in [4.78, 5) is 13.4. The second kappa shape index (κ2) is 9.03. The van der Waals surface area contributed by atoms with Crippen molar-refractivity contribution < 1.29 is 22.3 Å². The van der Waals surface area contributed by atoms with Gasteiger partial charge in [0.1, 0.15) is 23.1 Å². The molecule has 150 valence electrons. The van der Waals surface area contributed by atoms with E-state index in [-0.39, 0.29) is 37.1 Å². The number of para-hydroxylation sites is 1. The largest absolute Gasteiger partial charge is 0.492 e. The van der Waals surface area contributed by atoms with Crippen LogP contribution in [-0.4, -0.2) is 63.0 Å². The minimum atomic E-state index is -3.91. The molecular weight excluding hydrogens is 385 g/mol. The zero-order valence-electron chi connectivity index (χ0n) is 15.3. The number of nitrogens with one attached hydrogen (secondary N) is 1. The van der Waals surface area contributed by atoms with Crippen molar-refractivity contribution in [2.75, 3.05) is 39.3 Å². The van der Waals surface area contributed by atoms with Crippen LogP contribution in [0, 0.1) is 5.82 Å². The molecule has 1 saturated heterocycles. The SMILES string of the molecule is O=C(NCCOc1ccccc1)N1CCN(S(=O)(=O)c2ccccc2F)CC1. The molecule has 2 aromatic rings. The Kier molecular flexibility index (Phi) is 6.48. The summed E-state index contributed by atoms with van der Waals surface area (Å²) in [6.07, 6.45) is 0. The molecular formula is C19H22FN3O4S. The minimum Gasteiger partial charge on any atom is -0.492 e. The maximum absolute atomic E-state index is 13.8. The summed E-state index contributed by atoms with van der Waals surface area (Å²) in [6, 6.07) is 14.3. The van der Waals surface area contributed by atoms with E-state index in [1.54, 1.807) is 0 Å². The van der Waals surface area contributed by atoms with E-state index in [2.05, 4.69) is 5.32 Å². The van der Waals surface area contributed by atoms with Gasteiger partial charge in [-0.2, -0.15) is 4.31 Å². The van der Waals surface area contributed by atoms with Gasteiger partial charge in [-0.25, -0.2) is 17.6 Å². The minimum absolute atomic E-state index is 0.116. The highest BCUT2D eigenvalue weighted by atomic mass is 32.2. The number of piperazine rings is 1. The van der Waals surface area contributed by atoms with Crippen LogP contribution in [0.4, 0.5) is 9.18 Å². The van der Waals surface area contributed by atoms with Gasteiger partial charge >= 0.3 is 6.03 Å². The van der Waals surface area contributed by atoms with Crippen molar-refractivity contribution in [2.45, 2.75) is 4.90 Å². The Labute approximate surface area is 163 Å². The van der Waals surface area contributed by atoms with Crippen LogP contribution < -0.4 is 10.1 Å². The summed E-state index contributed by atoms with van der Waals surface area (Å²) in [7, 11) is -3.91. The first-order valence-electron chi connectivity index (χ1n) is 8.94. The predicted octanol–water partition coefficient (Wildman–Crippen LogP) is 1.92. The van der Waals surface area contributed by atoms with Crippen molar-refractivity contribution >= 4 is 16.1 Å². The Morgan fingerprint density at radius 2 is 1.64 bits per heavy atom. The monoisotopic (exact) mass is 407 g/mol. The van der Waals surface area contributed by atoms with Gasteiger partial charge in [-0.15, -0.1) is 0 Å². The van der Waals surface area contributed by atoms with E-state index in [1.807, 2.05) is 30.3 Å². The molecule has 0 radical (unpaired) electrons. The summed E-state index contributed by atoms with van der Waals surface area (Å²) in [5.41, 5.74) is 0. The number of hydrogen-bond acceptors (Lipinski definition) is 4. The third-order valence-corrected chi connectivity index (χ3v) is 6.30. The molecule has 1 fully saturated rings. The molecule has 0 aliphatic carbocycles. The third kappa shape index (κ3) is 4.79. The molecule has 0 saturated carbocycles. The Morgan fingerprint density at radius 3 is 2.32 bits per heavy atom. The zero-order valence-corrected chi connectivity index (χ0v) is 16.1. The number of rotatable bonds is 6. The lowest BCUT2D eigenvalue weighted by Gasteiger charge is -2.34. The maximum Gasteiger partial charge on any atom is 0.317 e. The van der Waals surface area contributed by atoms with Crippen LogP contribution in [0.1, 0.15) is 0 Å². The van der Waals surface area contributed by atoms with Gasteiger partial charge in [0.15, 0.2) is 0 Å². The molecule has 0 aromatic heterocycles. The molecule has 1 aliphatic rings. The van der Waals surface area contributed by atoms with Crippen LogP contribution in [0.15, 0.2) is 59.5 Å². The molecule has 2 aromatic carbocycles. The Bertz CT molecular complexity index is 900. The fourth-order valence-corrected chi connectivity index (χ4v) is 4.37. The molecule has 1 heterocycles. The van der Waals surface area contributed by atoms with Crippen molar-refractivity contribution in [1.82, 2.24) is 14.5 Å². The van der Waals surface area contributed by atoms with E-state index in [9.17, 15) is 17.6 Å². The zero-order chi connectivity index (χ0) is 20.0. The lowest BCUT2D eigenvalue weighted by molar-refractivity contribution is 0.170. The Balaban J connectivity index is 1.45. The molecule has 3 rings (SSSR count). The highest BCUT2D eigenvalue weighted by Gasteiger charge is 2.31. The van der Waals surface area contributed by atoms with Crippen LogP contribution in [0.5, 0.6) is 5.75 Å². The van der Waals surface area contributed by atoms with E-state index in [0.29, 0.717) is 13.2 Å². The van der Waals surface area contributed by atoms with Gasteiger partial charge in [0.25, 0.3) is 0 Å². The number of sulfonamides is 1. The predicted molar refractivity (Wildman–Crippen MR) is 102 cm³/mol. The van der Waals surface area contributed by atoms with E-state index < -0.39 is 15.8 Å². The van der Waals surface area contributed by atoms with E-state index >= 15 is 0 Å². The van der Waals surface area contributed by atoms with Gasteiger partial charge in [-0.05, 0) is 24.3 Å². The Hall–Kier alpha value is -2.65. The van der Waals surface area contributed by atoms with Crippen molar-refractivity contribution in [1.29, 1.82) is 0 Å². The van der Waals surface area contributed by atoms with Gasteiger partial charge in [0.05, 0.1) is 6.54 Å². The number of benzene rings is 2. The van der Waals surface area contributed by atoms with Gasteiger partial charge in [0.2, 0.25) is 10.0 Å². The Morgan fingerprint density at radius 1 is 1.00 bits per heavy atom. The summed E-state index contributed by atoms with van der Waals surface area (Å²) in [5.74, 6) is -0.0511. The fraction of sp³-hybridized carbons (Fsp3) is 0.316. The third-order valence-electron chi connectivity index (χ3n) is 4.37. The van der Waals surface area contributed by atoms with Gasteiger partial charge in [-0.3, -0.25) is 0 Å². The molecule has 28 heavy (non-hydrogen) atoms. The number of urea groups is 1. The lowest BCUT2D eigenvalue weighted by Crippen LogP contribution is -2.53. The average molecular weight is 407 g/mol. The standard InChI is InChI=1S/C19H22FN3O4S/c20-17-8-4-5-9-18(17)28(25,26)23-13-11-22(12-14-23)19(24)21-10-15-27-16-6-2-1-3-7-16/h1-9H,10-15H2,(H,21,24). The lowest BCUT2D eigenvalue weighted by atomic mass is 10.3. The number of halogens is 1. The number of ether oxygens (including phenoxy) is 1. The maximum atomic E-state index is 13.8. The van der Waals surface area contributed by atoms with Crippen molar-refractivity contribution in [2.24, 2.45) is 0 Å². The van der Waals surface area contributed by atoms with E-state index in [4.69, 9.17) is 4.74 Å². The first-order chi connectivity index (χ1) is 13.5. The van der Waals surface area contributed by atoms with Gasteiger partial charge < -0.3 is 15.0 Å². The fourth-order valence-electron chi connectivity index (χ4n) is 2.88. The van der Waals surface area contributed by atoms with Crippen molar-refractivity contribution in [3.8, 4) is 5.75 Å². The van der Waals surface area contributed by atoms with E-state index in [0.717, 1.165) is 11.8 Å². The second-order valence-electron chi connectivity index (χ2n) is 6.21. The molecule has 7 nitrogen and oxygen atoms in total. The first kappa shape index (κ1) is 20.1. The molecule has 1 aliphatic heterocycles. The smallest absolute Gasteiger partial charge is 0.317 e. The molecule has 0 unspecified atom stereocenters. The molecule has 0 bridgehead atoms. The number of amides is 2. The number of nitrogens with zero attached hydrogens (tertiary/aromatic N) is 2. The highest BCUT2D eigenvalue weighted by molar-refractivity contribution is 7.89. The quantitative estimate of drug-likeness (QED) is 0.742. The van der Waals surface area contributed by atoms with Crippen LogP contribution >= 0.6 is 0 Å². The molecule has 1 N–H and O–H groups in total. The summed E-state index contributed by atoms with van der Waals surface area (Å²) in [5, 5.41) is 2.75. The normalized spacial score (nSPS) is 15.2. The molecule has 2 amide bonds. The molecule has 0 atom stereocenters. The van der Waals surface area contributed by atoms with Gasteiger partial charge in [-0.1, -0.05) is 30.3 Å². The summed E-state index contributed by atoms with van der Waals surface area (Å²) in [6.45, 7) is 1.37. The van der Waals surface area contributed by atoms with Crippen LogP contribution in [0.25, 0.3) is 0 Å². The summed E-state index contributed by atoms with van der Waals surface area (Å²) < 4.78 is 45.7. The van der Waals surface area contributed by atoms with Crippen molar-refractivity contribution in [3.05, 3.63) is 60.4 Å². The van der Waals surface area contributed by atoms with Gasteiger partial charge in [0, 0.05) is 26.2 Å². The second-order valence-corrected chi connectivity index (χ2v) is 8.12. The van der Waals surface area contributed by atoms with Crippen LogP contribution in [0.2, 0.25) is 0 Å². The molecule has 9 heteroatoms. The molecule has 0 spiro atoms. The number of carbonyl (C=O) groups is 1. The topological polar surface area (TPSA) is 79.0 Å². The number of hydrogen-bond donors (Lipinski definition) is 1. The van der Waals surface area contributed by atoms with Crippen LogP contribution in [-0.2, 0) is 10.0 Å². The summed E-state index contributed by atoms with van der Waals surface area (Å²) >= 11 is 0. The van der Waals surface area contributed by atoms with Crippen LogP contribution in [0.3, 0.4) is 0 Å².